The highest BCUT2D eigenvalue weighted by molar-refractivity contribution is 6.82. The molecular formula is C10H18NSi. The minimum absolute atomic E-state index is 1.13. The molecule has 0 aliphatic heterocycles. The molecule has 0 spiro atoms. The van der Waals surface area contributed by atoms with Gasteiger partial charge in [0.1, 0.15) is 0 Å². The summed E-state index contributed by atoms with van der Waals surface area (Å²) in [5, 5.41) is 0. The van der Waals surface area contributed by atoms with Crippen LogP contribution < -0.4 is 0 Å². The van der Waals surface area contributed by atoms with Gasteiger partial charge in [-0.15, -0.1) is 0 Å². The van der Waals surface area contributed by atoms with E-state index < -0.39 is 8.07 Å². The number of hydrogen-bond donors (Lipinski definition) is 0. The van der Waals surface area contributed by atoms with E-state index in [0.29, 0.717) is 0 Å². The van der Waals surface area contributed by atoms with Gasteiger partial charge in [-0.25, -0.2) is 0 Å². The zero-order valence-corrected chi connectivity index (χ0v) is 9.68. The lowest BCUT2D eigenvalue weighted by Gasteiger charge is -2.32. The van der Waals surface area contributed by atoms with Gasteiger partial charge in [0.05, 0.1) is 8.07 Å². The van der Waals surface area contributed by atoms with Crippen LogP contribution in [0.5, 0.6) is 0 Å². The van der Waals surface area contributed by atoms with Gasteiger partial charge in [-0.05, 0) is 38.9 Å². The van der Waals surface area contributed by atoms with Crippen LogP contribution >= 0.6 is 0 Å². The van der Waals surface area contributed by atoms with Crippen LogP contribution in [-0.4, -0.2) is 27.1 Å². The Morgan fingerprint density at radius 1 is 1.08 bits per heavy atom. The lowest BCUT2D eigenvalue weighted by atomic mass is 10.2. The van der Waals surface area contributed by atoms with Crippen molar-refractivity contribution in [1.29, 1.82) is 0 Å². The summed E-state index contributed by atoms with van der Waals surface area (Å²) < 4.78 is 0. The average Bonchev–Trinajstić information content (AvgIpc) is 2.30. The third-order valence-electron chi connectivity index (χ3n) is 2.08. The minimum Gasteiger partial charge on any atom is -0.301 e. The van der Waals surface area contributed by atoms with Gasteiger partial charge in [0.25, 0.3) is 0 Å². The van der Waals surface area contributed by atoms with Crippen LogP contribution in [-0.2, 0) is 0 Å². The first-order chi connectivity index (χ1) is 5.43. The zero-order chi connectivity index (χ0) is 9.35. The molecule has 0 aromatic heterocycles. The van der Waals surface area contributed by atoms with E-state index in [9.17, 15) is 0 Å². The third kappa shape index (κ3) is 2.11. The van der Waals surface area contributed by atoms with Crippen molar-refractivity contribution in [3.63, 3.8) is 0 Å². The van der Waals surface area contributed by atoms with E-state index in [4.69, 9.17) is 0 Å². The van der Waals surface area contributed by atoms with Crippen LogP contribution in [0.3, 0.4) is 0 Å². The Bertz CT molecular complexity index is 148. The van der Waals surface area contributed by atoms with E-state index >= 15 is 0 Å². The first-order valence-corrected chi connectivity index (χ1v) is 7.86. The second kappa shape index (κ2) is 3.50. The quantitative estimate of drug-likeness (QED) is 0.589. The standard InChI is InChI=1S/C10H18NSi/c1-11(2)9-7-6-8-10(9)12(3,4)5/h6-8H,1-5H3. The van der Waals surface area contributed by atoms with Gasteiger partial charge < -0.3 is 4.90 Å². The molecule has 1 saturated carbocycles. The SMILES string of the molecule is CN(C)[C]1[CH][CH][CH][C]1[Si](C)(C)C. The largest absolute Gasteiger partial charge is 0.301 e. The van der Waals surface area contributed by atoms with Crippen LogP contribution in [0.15, 0.2) is 0 Å². The smallest absolute Gasteiger partial charge is 0.0538 e. The van der Waals surface area contributed by atoms with Gasteiger partial charge >= 0.3 is 0 Å². The number of hydrogen-bond acceptors (Lipinski definition) is 1. The van der Waals surface area contributed by atoms with Crippen molar-refractivity contribution in [2.24, 2.45) is 0 Å². The molecule has 0 amide bonds. The van der Waals surface area contributed by atoms with Crippen molar-refractivity contribution in [2.45, 2.75) is 19.6 Å². The number of nitrogens with zero attached hydrogens (tertiary/aromatic N) is 1. The first kappa shape index (κ1) is 10.3. The van der Waals surface area contributed by atoms with Crippen LogP contribution in [0.1, 0.15) is 0 Å². The Labute approximate surface area is 78.2 Å². The Balaban J connectivity index is 2.64. The highest BCUT2D eigenvalue weighted by Crippen LogP contribution is 2.40. The molecule has 0 N–H and O–H groups in total. The molecule has 0 unspecified atom stereocenters. The first-order valence-electron chi connectivity index (χ1n) is 4.36. The van der Waals surface area contributed by atoms with Crippen molar-refractivity contribution >= 4 is 8.07 Å². The molecule has 1 aliphatic carbocycles. The maximum absolute atomic E-state index is 2.38. The Kier molecular flexibility index (Phi) is 3.00. The lowest BCUT2D eigenvalue weighted by Crippen LogP contribution is -2.37. The third-order valence-corrected chi connectivity index (χ3v) is 4.12. The summed E-state index contributed by atoms with van der Waals surface area (Å²) in [6.45, 7) is 7.15. The molecule has 12 heavy (non-hydrogen) atoms. The summed E-state index contributed by atoms with van der Waals surface area (Å²) >= 11 is 0. The van der Waals surface area contributed by atoms with Gasteiger partial charge in [-0.3, -0.25) is 0 Å². The fraction of sp³-hybridized carbons (Fsp3) is 0.500. The average molecular weight is 180 g/mol. The van der Waals surface area contributed by atoms with Gasteiger partial charge in [0.15, 0.2) is 0 Å². The molecule has 2 heteroatoms. The van der Waals surface area contributed by atoms with Crippen LogP contribution in [0.4, 0.5) is 0 Å². The molecule has 1 rings (SSSR count). The number of rotatable bonds is 2. The van der Waals surface area contributed by atoms with Gasteiger partial charge in [0.2, 0.25) is 0 Å². The van der Waals surface area contributed by atoms with E-state index in [1.54, 1.807) is 5.54 Å². The van der Waals surface area contributed by atoms with Crippen molar-refractivity contribution in [1.82, 2.24) is 4.90 Å². The molecule has 1 aliphatic rings. The molecule has 0 heterocycles. The highest BCUT2D eigenvalue weighted by Gasteiger charge is 2.39. The summed E-state index contributed by atoms with van der Waals surface area (Å²) in [6, 6.07) is 1.40. The molecule has 0 saturated heterocycles. The van der Waals surface area contributed by atoms with Crippen molar-refractivity contribution in [3.05, 3.63) is 30.8 Å². The second-order valence-corrected chi connectivity index (χ2v) is 9.51. The molecule has 0 aromatic carbocycles. The molecule has 0 aromatic rings. The lowest BCUT2D eigenvalue weighted by molar-refractivity contribution is 0.457. The second-order valence-electron chi connectivity index (χ2n) is 4.47. The van der Waals surface area contributed by atoms with E-state index in [-0.39, 0.29) is 0 Å². The minimum atomic E-state index is -1.13. The normalized spacial score (nSPS) is 22.5. The summed E-state index contributed by atoms with van der Waals surface area (Å²) in [5.74, 6) is 0. The van der Waals surface area contributed by atoms with Gasteiger partial charge in [0, 0.05) is 6.04 Å². The Hall–Kier alpha value is 0.177. The van der Waals surface area contributed by atoms with Gasteiger partial charge in [-0.2, -0.15) is 0 Å². The van der Waals surface area contributed by atoms with E-state index in [1.165, 1.54) is 6.04 Å². The predicted molar refractivity (Wildman–Crippen MR) is 56.4 cm³/mol. The fourth-order valence-corrected chi connectivity index (χ4v) is 3.11. The summed E-state index contributed by atoms with van der Waals surface area (Å²) in [7, 11) is 3.09. The Morgan fingerprint density at radius 3 is 2.00 bits per heavy atom. The van der Waals surface area contributed by atoms with Crippen LogP contribution in [0.25, 0.3) is 0 Å². The fourth-order valence-electron chi connectivity index (χ4n) is 1.43. The molecular weight excluding hydrogens is 162 g/mol. The van der Waals surface area contributed by atoms with Gasteiger partial charge in [-0.1, -0.05) is 19.6 Å². The highest BCUT2D eigenvalue weighted by atomic mass is 28.3. The summed E-state index contributed by atoms with van der Waals surface area (Å²) in [5.41, 5.74) is 1.56. The van der Waals surface area contributed by atoms with E-state index in [2.05, 4.69) is 57.9 Å². The molecule has 1 nitrogen and oxygen atoms in total. The van der Waals surface area contributed by atoms with Crippen molar-refractivity contribution in [2.75, 3.05) is 14.1 Å². The molecule has 5 radical (unpaired) electrons. The predicted octanol–water partition coefficient (Wildman–Crippen LogP) is 2.16. The molecule has 1 fully saturated rings. The molecule has 0 atom stereocenters. The van der Waals surface area contributed by atoms with Crippen molar-refractivity contribution in [3.8, 4) is 0 Å². The zero-order valence-electron chi connectivity index (χ0n) is 8.68. The topological polar surface area (TPSA) is 3.24 Å². The maximum Gasteiger partial charge on any atom is 0.0538 e. The Morgan fingerprint density at radius 2 is 1.67 bits per heavy atom. The van der Waals surface area contributed by atoms with E-state index in [0.717, 1.165) is 0 Å². The summed E-state index contributed by atoms with van der Waals surface area (Å²) in [4.78, 5) is 2.20. The molecule has 0 bridgehead atoms. The monoisotopic (exact) mass is 180 g/mol. The maximum atomic E-state index is 2.38. The molecule has 67 valence electrons. The van der Waals surface area contributed by atoms with Crippen LogP contribution in [0.2, 0.25) is 19.6 Å². The summed E-state index contributed by atoms with van der Waals surface area (Å²) in [6.07, 6.45) is 6.62. The van der Waals surface area contributed by atoms with E-state index in [1.807, 2.05) is 0 Å². The van der Waals surface area contributed by atoms with Crippen LogP contribution in [0, 0.1) is 30.8 Å². The van der Waals surface area contributed by atoms with Crippen molar-refractivity contribution < 1.29 is 0 Å².